The van der Waals surface area contributed by atoms with Crippen LogP contribution >= 0.6 is 0 Å². The molecule has 4 nitrogen and oxygen atoms in total. The van der Waals surface area contributed by atoms with E-state index in [9.17, 15) is 4.39 Å². The van der Waals surface area contributed by atoms with Crippen molar-refractivity contribution in [2.75, 3.05) is 13.2 Å². The lowest BCUT2D eigenvalue weighted by atomic mass is 10.1. The first kappa shape index (κ1) is 24.5. The molecule has 2 heterocycles. The lowest BCUT2D eigenvalue weighted by Gasteiger charge is -2.09. The molecule has 5 heteroatoms. The number of hydrogen-bond acceptors (Lipinski definition) is 4. The fourth-order valence-corrected chi connectivity index (χ4v) is 3.83. The second kappa shape index (κ2) is 13.4. The van der Waals surface area contributed by atoms with Crippen molar-refractivity contribution in [3.05, 3.63) is 42.3 Å². The summed E-state index contributed by atoms with van der Waals surface area (Å²) < 4.78 is 31.5. The summed E-state index contributed by atoms with van der Waals surface area (Å²) in [6, 6.07) is 11.1. The molecule has 2 unspecified atom stereocenters. The summed E-state index contributed by atoms with van der Waals surface area (Å²) in [7, 11) is 0. The van der Waals surface area contributed by atoms with E-state index in [1.165, 1.54) is 44.9 Å². The average molecular weight is 444 g/mol. The van der Waals surface area contributed by atoms with Crippen LogP contribution in [-0.2, 0) is 4.74 Å². The van der Waals surface area contributed by atoms with Crippen molar-refractivity contribution in [3.8, 4) is 22.8 Å². The molecule has 1 aromatic heterocycles. The quantitative estimate of drug-likeness (QED) is 0.154. The van der Waals surface area contributed by atoms with Crippen LogP contribution in [0.4, 0.5) is 4.39 Å². The molecule has 0 spiro atoms. The van der Waals surface area contributed by atoms with Gasteiger partial charge in [0.15, 0.2) is 5.75 Å². The highest BCUT2D eigenvalue weighted by atomic mass is 19.1. The van der Waals surface area contributed by atoms with Gasteiger partial charge < -0.3 is 14.2 Å². The van der Waals surface area contributed by atoms with E-state index in [1.54, 1.807) is 12.1 Å². The smallest absolute Gasteiger partial charge is 0.255 e. The van der Waals surface area contributed by atoms with Gasteiger partial charge in [0.25, 0.3) is 5.95 Å². The largest absolute Gasteiger partial charge is 0.491 e. The third kappa shape index (κ3) is 8.09. The van der Waals surface area contributed by atoms with Crippen molar-refractivity contribution in [1.82, 2.24) is 4.98 Å². The molecular formula is C27H38FNO3. The number of ether oxygens (including phenoxy) is 3. The Bertz CT molecular complexity index is 796. The summed E-state index contributed by atoms with van der Waals surface area (Å²) in [5, 5.41) is 0. The maximum Gasteiger partial charge on any atom is 0.255 e. The molecule has 1 aliphatic heterocycles. The van der Waals surface area contributed by atoms with E-state index in [1.807, 2.05) is 24.3 Å². The molecule has 2 atom stereocenters. The minimum absolute atomic E-state index is 0.214. The first-order chi connectivity index (χ1) is 15.7. The Hall–Kier alpha value is -2.14. The van der Waals surface area contributed by atoms with Crippen LogP contribution in [0.25, 0.3) is 11.3 Å². The summed E-state index contributed by atoms with van der Waals surface area (Å²) in [5.74, 6) is 0.449. The molecule has 0 saturated carbocycles. The lowest BCUT2D eigenvalue weighted by molar-refractivity contribution is 0.259. The van der Waals surface area contributed by atoms with Crippen molar-refractivity contribution in [2.45, 2.75) is 90.3 Å². The number of nitrogens with zero attached hydrogens (tertiary/aromatic N) is 1. The van der Waals surface area contributed by atoms with Gasteiger partial charge in [0.1, 0.15) is 18.5 Å². The predicted octanol–water partition coefficient (Wildman–Crippen LogP) is 7.35. The molecule has 1 aliphatic rings. The van der Waals surface area contributed by atoms with Gasteiger partial charge in [0.05, 0.1) is 18.4 Å². The number of epoxide rings is 1. The Morgan fingerprint density at radius 3 is 2.28 bits per heavy atom. The number of halogens is 1. The first-order valence-corrected chi connectivity index (χ1v) is 12.4. The van der Waals surface area contributed by atoms with Gasteiger partial charge in [-0.05, 0) is 49.2 Å². The first-order valence-electron chi connectivity index (χ1n) is 12.4. The molecule has 0 aliphatic carbocycles. The molecule has 2 aromatic rings. The zero-order valence-corrected chi connectivity index (χ0v) is 19.7. The molecule has 3 rings (SSSR count). The topological polar surface area (TPSA) is 43.9 Å². The Balaban J connectivity index is 1.40. The zero-order valence-electron chi connectivity index (χ0n) is 19.7. The summed E-state index contributed by atoms with van der Waals surface area (Å²) in [4.78, 5) is 4.09. The second-order valence-electron chi connectivity index (χ2n) is 8.65. The van der Waals surface area contributed by atoms with Crippen molar-refractivity contribution >= 4 is 0 Å². The maximum atomic E-state index is 14.4. The van der Waals surface area contributed by atoms with E-state index < -0.39 is 5.95 Å². The molecule has 176 valence electrons. The molecule has 1 aromatic carbocycles. The SMILES string of the molecule is CCCCCCCCOc1ccc(-c2ccc(OCC3OC3CCCCC)cc2)nc1F. The van der Waals surface area contributed by atoms with Crippen LogP contribution in [0.1, 0.15) is 78.1 Å². The normalized spacial score (nSPS) is 17.3. The molecular weight excluding hydrogens is 405 g/mol. The number of benzene rings is 1. The fraction of sp³-hybridized carbons (Fsp3) is 0.593. The molecule has 1 fully saturated rings. The van der Waals surface area contributed by atoms with E-state index in [-0.39, 0.29) is 11.9 Å². The van der Waals surface area contributed by atoms with Gasteiger partial charge in [-0.2, -0.15) is 4.39 Å². The van der Waals surface area contributed by atoms with Gasteiger partial charge >= 0.3 is 0 Å². The predicted molar refractivity (Wildman–Crippen MR) is 127 cm³/mol. The summed E-state index contributed by atoms with van der Waals surface area (Å²) in [6.45, 7) is 5.52. The van der Waals surface area contributed by atoms with E-state index in [0.29, 0.717) is 25.0 Å². The number of unbranched alkanes of at least 4 members (excludes halogenated alkanes) is 7. The molecule has 1 saturated heterocycles. The van der Waals surface area contributed by atoms with Crippen molar-refractivity contribution < 1.29 is 18.6 Å². The second-order valence-corrected chi connectivity index (χ2v) is 8.65. The number of aromatic nitrogens is 1. The van der Waals surface area contributed by atoms with Crippen LogP contribution in [0.2, 0.25) is 0 Å². The highest BCUT2D eigenvalue weighted by Gasteiger charge is 2.38. The Labute approximate surface area is 192 Å². The number of pyridine rings is 1. The van der Waals surface area contributed by atoms with Crippen LogP contribution in [0.5, 0.6) is 11.5 Å². The Kier molecular flexibility index (Phi) is 10.3. The van der Waals surface area contributed by atoms with Gasteiger partial charge in [0.2, 0.25) is 0 Å². The Morgan fingerprint density at radius 2 is 1.53 bits per heavy atom. The number of rotatable bonds is 16. The minimum atomic E-state index is -0.561. The van der Waals surface area contributed by atoms with Crippen molar-refractivity contribution in [1.29, 1.82) is 0 Å². The molecule has 0 radical (unpaired) electrons. The summed E-state index contributed by atoms with van der Waals surface area (Å²) in [5.41, 5.74) is 1.43. The summed E-state index contributed by atoms with van der Waals surface area (Å²) >= 11 is 0. The third-order valence-corrected chi connectivity index (χ3v) is 5.91. The standard InChI is InChI=1S/C27H38FNO3/c1-3-5-7-8-9-11-19-30-25-18-17-23(29-27(25)28)21-13-15-22(16-14-21)31-20-26-24(32-26)12-10-6-4-2/h13-18,24,26H,3-12,19-20H2,1-2H3. The van der Waals surface area contributed by atoms with Crippen molar-refractivity contribution in [3.63, 3.8) is 0 Å². The maximum absolute atomic E-state index is 14.4. The molecule has 32 heavy (non-hydrogen) atoms. The van der Waals surface area contributed by atoms with Crippen LogP contribution < -0.4 is 9.47 Å². The molecule has 0 amide bonds. The van der Waals surface area contributed by atoms with Gasteiger partial charge in [-0.25, -0.2) is 4.98 Å². The monoisotopic (exact) mass is 443 g/mol. The van der Waals surface area contributed by atoms with Crippen LogP contribution in [0.15, 0.2) is 36.4 Å². The van der Waals surface area contributed by atoms with E-state index >= 15 is 0 Å². The zero-order chi connectivity index (χ0) is 22.6. The highest BCUT2D eigenvalue weighted by molar-refractivity contribution is 5.60. The van der Waals surface area contributed by atoms with Crippen molar-refractivity contribution in [2.24, 2.45) is 0 Å². The van der Waals surface area contributed by atoms with E-state index in [2.05, 4.69) is 18.8 Å². The van der Waals surface area contributed by atoms with Gasteiger partial charge in [-0.1, -0.05) is 65.2 Å². The third-order valence-electron chi connectivity index (χ3n) is 5.91. The summed E-state index contributed by atoms with van der Waals surface area (Å²) in [6.07, 6.45) is 12.5. The fourth-order valence-electron chi connectivity index (χ4n) is 3.83. The van der Waals surface area contributed by atoms with Crippen LogP contribution in [0.3, 0.4) is 0 Å². The highest BCUT2D eigenvalue weighted by Crippen LogP contribution is 2.29. The van der Waals surface area contributed by atoms with Gasteiger partial charge in [0, 0.05) is 5.56 Å². The lowest BCUT2D eigenvalue weighted by Crippen LogP contribution is -2.07. The van der Waals surface area contributed by atoms with Crippen LogP contribution in [-0.4, -0.2) is 30.4 Å². The minimum Gasteiger partial charge on any atom is -0.491 e. The molecule has 0 bridgehead atoms. The molecule has 0 N–H and O–H groups in total. The average Bonchev–Trinajstić information content (AvgIpc) is 3.57. The van der Waals surface area contributed by atoms with Gasteiger partial charge in [-0.15, -0.1) is 0 Å². The van der Waals surface area contributed by atoms with E-state index in [4.69, 9.17) is 14.2 Å². The van der Waals surface area contributed by atoms with E-state index in [0.717, 1.165) is 30.6 Å². The van der Waals surface area contributed by atoms with Gasteiger partial charge in [-0.3, -0.25) is 0 Å². The Morgan fingerprint density at radius 1 is 0.812 bits per heavy atom. The number of hydrogen-bond donors (Lipinski definition) is 0. The van der Waals surface area contributed by atoms with Crippen LogP contribution in [0, 0.1) is 5.95 Å².